The fourth-order valence-electron chi connectivity index (χ4n) is 10.9. The van der Waals surface area contributed by atoms with Crippen LogP contribution in [0.3, 0.4) is 0 Å². The summed E-state index contributed by atoms with van der Waals surface area (Å²) in [4.78, 5) is 43.0. The highest BCUT2D eigenvalue weighted by molar-refractivity contribution is 5.99. The number of ketones is 2. The highest BCUT2D eigenvalue weighted by atomic mass is 16.6. The number of aliphatic hydroxyl groups excluding tert-OH is 1. The summed E-state index contributed by atoms with van der Waals surface area (Å²) in [6.45, 7) is 11.2. The molecule has 2 saturated carbocycles. The molecule has 0 aromatic carbocycles. The van der Waals surface area contributed by atoms with E-state index >= 15 is 0 Å². The second-order valence-electron chi connectivity index (χ2n) is 14.2. The van der Waals surface area contributed by atoms with Crippen molar-refractivity contribution in [1.82, 2.24) is 4.90 Å². The minimum atomic E-state index is -0.931. The molecule has 196 valence electrons. The van der Waals surface area contributed by atoms with Crippen molar-refractivity contribution in [3.8, 4) is 0 Å². The van der Waals surface area contributed by atoms with Gasteiger partial charge in [-0.25, -0.2) is 4.90 Å². The van der Waals surface area contributed by atoms with E-state index in [0.717, 1.165) is 24.8 Å². The fourth-order valence-corrected chi connectivity index (χ4v) is 10.9. The van der Waals surface area contributed by atoms with Gasteiger partial charge >= 0.3 is 5.97 Å². The van der Waals surface area contributed by atoms with Crippen LogP contribution in [0, 0.1) is 39.9 Å². The lowest BCUT2D eigenvalue weighted by Crippen LogP contribution is -2.82. The third-order valence-electron chi connectivity index (χ3n) is 12.5. The number of esters is 1. The van der Waals surface area contributed by atoms with Crippen LogP contribution < -0.4 is 0 Å². The second-order valence-corrected chi connectivity index (χ2v) is 14.2. The van der Waals surface area contributed by atoms with Gasteiger partial charge < -0.3 is 14.6 Å². The minimum Gasteiger partial charge on any atom is -0.443 e. The van der Waals surface area contributed by atoms with Crippen molar-refractivity contribution in [2.45, 2.75) is 103 Å². The Morgan fingerprint density at radius 1 is 1.11 bits per heavy atom. The molecule has 36 heavy (non-hydrogen) atoms. The van der Waals surface area contributed by atoms with Crippen molar-refractivity contribution < 1.29 is 29.0 Å². The zero-order valence-corrected chi connectivity index (χ0v) is 22.1. The fraction of sp³-hybridized carbons (Fsp3) is 0.828. The summed E-state index contributed by atoms with van der Waals surface area (Å²) in [7, 11) is 0. The Morgan fingerprint density at radius 2 is 1.86 bits per heavy atom. The molecule has 7 nitrogen and oxygen atoms in total. The standard InChI is InChI=1S/C29H39NO6/c1-15-8-18-17(19(31)9-15)10-20(32)24-25(18,3)14-29-27(5,26(24,4)12-22(33)36-29)6-7-28-11-16(2)23(34)21(35-28)13-30(28)29/h9,16-18,21,23-24,34H,6-8,10-14H2,1-5H3. The highest BCUT2D eigenvalue weighted by Crippen LogP contribution is 2.77. The molecule has 1 N–H and O–H groups in total. The van der Waals surface area contributed by atoms with Gasteiger partial charge in [-0.15, -0.1) is 0 Å². The molecule has 0 radical (unpaired) electrons. The monoisotopic (exact) mass is 497 g/mol. The van der Waals surface area contributed by atoms with E-state index in [-0.39, 0.29) is 60.2 Å². The van der Waals surface area contributed by atoms with Crippen molar-refractivity contribution in [3.05, 3.63) is 11.6 Å². The maximum absolute atomic E-state index is 14.0. The molecule has 6 fully saturated rings. The van der Waals surface area contributed by atoms with Gasteiger partial charge in [-0.3, -0.25) is 14.4 Å². The molecule has 4 heterocycles. The largest absolute Gasteiger partial charge is 0.443 e. The molecule has 7 aliphatic rings. The number of Topliss-reactive ketones (excluding diaryl/α,β-unsaturated/α-hetero) is 1. The molecule has 1 spiro atoms. The van der Waals surface area contributed by atoms with E-state index < -0.39 is 33.8 Å². The predicted molar refractivity (Wildman–Crippen MR) is 129 cm³/mol. The van der Waals surface area contributed by atoms with Crippen molar-refractivity contribution in [2.75, 3.05) is 6.54 Å². The number of ether oxygens (including phenoxy) is 2. The minimum absolute atomic E-state index is 0.0422. The summed E-state index contributed by atoms with van der Waals surface area (Å²) in [5.41, 5.74) is -1.94. The summed E-state index contributed by atoms with van der Waals surface area (Å²) in [5.74, 6) is -0.471. The molecule has 4 saturated heterocycles. The first-order valence-electron chi connectivity index (χ1n) is 13.9. The molecule has 3 aliphatic carbocycles. The molecular formula is C29H39NO6. The van der Waals surface area contributed by atoms with Crippen LogP contribution in [-0.2, 0) is 23.9 Å². The summed E-state index contributed by atoms with van der Waals surface area (Å²) in [5, 5.41) is 10.9. The number of hydrogen-bond acceptors (Lipinski definition) is 7. The molecule has 11 atom stereocenters. The molecule has 4 bridgehead atoms. The van der Waals surface area contributed by atoms with Gasteiger partial charge in [-0.2, -0.15) is 0 Å². The van der Waals surface area contributed by atoms with Crippen molar-refractivity contribution in [2.24, 2.45) is 39.9 Å². The van der Waals surface area contributed by atoms with E-state index in [9.17, 15) is 19.5 Å². The quantitative estimate of drug-likeness (QED) is 0.513. The second kappa shape index (κ2) is 6.70. The molecule has 7 rings (SSSR count). The molecule has 7 heteroatoms. The van der Waals surface area contributed by atoms with Gasteiger partial charge in [-0.05, 0) is 61.3 Å². The van der Waals surface area contributed by atoms with Crippen LogP contribution in [0.15, 0.2) is 11.6 Å². The number of aliphatic hydroxyl groups is 1. The van der Waals surface area contributed by atoms with E-state index in [1.807, 2.05) is 6.92 Å². The first kappa shape index (κ1) is 23.5. The molecule has 4 aliphatic heterocycles. The number of piperidine rings is 1. The number of carbonyl (C=O) groups excluding carboxylic acids is 3. The number of allylic oxidation sites excluding steroid dienone is 2. The zero-order valence-electron chi connectivity index (χ0n) is 22.1. The normalized spacial score (nSPS) is 57.7. The molecular weight excluding hydrogens is 458 g/mol. The maximum Gasteiger partial charge on any atom is 0.308 e. The van der Waals surface area contributed by atoms with Crippen molar-refractivity contribution in [1.29, 1.82) is 0 Å². The van der Waals surface area contributed by atoms with Gasteiger partial charge in [0.25, 0.3) is 0 Å². The Hall–Kier alpha value is -1.57. The lowest BCUT2D eigenvalue weighted by molar-refractivity contribution is -0.380. The summed E-state index contributed by atoms with van der Waals surface area (Å²) >= 11 is 0. The topological polar surface area (TPSA) is 93.1 Å². The van der Waals surface area contributed by atoms with Crippen LogP contribution in [0.1, 0.15) is 79.6 Å². The molecule has 0 aromatic heterocycles. The van der Waals surface area contributed by atoms with Gasteiger partial charge in [0.05, 0.1) is 18.6 Å². The van der Waals surface area contributed by atoms with Crippen LogP contribution in [0.25, 0.3) is 0 Å². The zero-order chi connectivity index (χ0) is 25.6. The van der Waals surface area contributed by atoms with E-state index in [1.54, 1.807) is 6.08 Å². The number of hydrogen-bond donors (Lipinski definition) is 1. The Balaban J connectivity index is 1.44. The van der Waals surface area contributed by atoms with Gasteiger partial charge in [0, 0.05) is 36.6 Å². The van der Waals surface area contributed by atoms with E-state index in [0.29, 0.717) is 19.4 Å². The van der Waals surface area contributed by atoms with Crippen molar-refractivity contribution >= 4 is 17.5 Å². The van der Waals surface area contributed by atoms with Gasteiger partial charge in [0.2, 0.25) is 0 Å². The maximum atomic E-state index is 14.0. The Labute approximate surface area is 212 Å². The first-order chi connectivity index (χ1) is 16.8. The summed E-state index contributed by atoms with van der Waals surface area (Å²) in [6.07, 6.45) is 5.00. The van der Waals surface area contributed by atoms with Gasteiger partial charge in [-0.1, -0.05) is 33.3 Å². The average Bonchev–Trinajstić information content (AvgIpc) is 3.11. The number of fused-ring (bicyclic) bond motifs is 5. The SMILES string of the molecule is CC1=CC(=O)C2CC(=O)C3C(C)(CC45OC(=O)CC3(C)C4(C)CCC34CC(C)C(O)C(CN35)O4)C2C1. The number of rotatable bonds is 0. The number of nitrogens with zero attached hydrogens (tertiary/aromatic N) is 1. The summed E-state index contributed by atoms with van der Waals surface area (Å²) < 4.78 is 13.2. The highest BCUT2D eigenvalue weighted by Gasteiger charge is 2.82. The third-order valence-corrected chi connectivity index (χ3v) is 12.5. The Bertz CT molecular complexity index is 1130. The van der Waals surface area contributed by atoms with E-state index in [1.165, 1.54) is 0 Å². The lowest BCUT2D eigenvalue weighted by Gasteiger charge is -2.76. The Morgan fingerprint density at radius 3 is 2.61 bits per heavy atom. The van der Waals surface area contributed by atoms with Crippen LogP contribution in [-0.4, -0.2) is 57.7 Å². The first-order valence-corrected chi connectivity index (χ1v) is 13.9. The van der Waals surface area contributed by atoms with Crippen molar-refractivity contribution in [3.63, 3.8) is 0 Å². The van der Waals surface area contributed by atoms with Gasteiger partial charge in [0.15, 0.2) is 11.5 Å². The average molecular weight is 498 g/mol. The molecule has 11 unspecified atom stereocenters. The number of carbonyl (C=O) groups is 3. The molecule has 0 aromatic rings. The van der Waals surface area contributed by atoms with Crippen LogP contribution in [0.2, 0.25) is 0 Å². The van der Waals surface area contributed by atoms with Gasteiger partial charge in [0.1, 0.15) is 11.5 Å². The lowest BCUT2D eigenvalue weighted by atomic mass is 9.34. The Kier molecular flexibility index (Phi) is 4.38. The van der Waals surface area contributed by atoms with Crippen LogP contribution in [0.4, 0.5) is 0 Å². The third kappa shape index (κ3) is 2.40. The smallest absolute Gasteiger partial charge is 0.308 e. The van der Waals surface area contributed by atoms with E-state index in [4.69, 9.17) is 9.47 Å². The summed E-state index contributed by atoms with van der Waals surface area (Å²) in [6, 6.07) is 0. The predicted octanol–water partition coefficient (Wildman–Crippen LogP) is 3.38. The van der Waals surface area contributed by atoms with Crippen LogP contribution >= 0.6 is 0 Å². The molecule has 0 amide bonds. The van der Waals surface area contributed by atoms with Crippen LogP contribution in [0.5, 0.6) is 0 Å². The van der Waals surface area contributed by atoms with E-state index in [2.05, 4.69) is 32.6 Å².